The number of ketones is 1. The van der Waals surface area contributed by atoms with Gasteiger partial charge in [0.05, 0.1) is 0 Å². The van der Waals surface area contributed by atoms with Crippen molar-refractivity contribution in [2.45, 2.75) is 32.6 Å². The molecule has 28 heavy (non-hydrogen) atoms. The molecule has 0 unspecified atom stereocenters. The first-order chi connectivity index (χ1) is 13.4. The lowest BCUT2D eigenvalue weighted by molar-refractivity contribution is -0.118. The van der Waals surface area contributed by atoms with Crippen LogP contribution in [0.25, 0.3) is 10.8 Å². The second-order valence-electron chi connectivity index (χ2n) is 8.56. The minimum absolute atomic E-state index is 0.124. The Morgan fingerprint density at radius 1 is 0.964 bits per heavy atom. The normalized spacial score (nSPS) is 20.5. The van der Waals surface area contributed by atoms with Gasteiger partial charge in [0, 0.05) is 29.9 Å². The summed E-state index contributed by atoms with van der Waals surface area (Å²) in [5.74, 6) is 1.16. The molecule has 0 aromatic heterocycles. The number of hydrogen-bond donors (Lipinski definition) is 0. The quantitative estimate of drug-likeness (QED) is 0.512. The van der Waals surface area contributed by atoms with Crippen molar-refractivity contribution in [1.82, 2.24) is 0 Å². The molecule has 3 aromatic carbocycles. The van der Waals surface area contributed by atoms with Crippen LogP contribution in [0.3, 0.4) is 0 Å². The van der Waals surface area contributed by atoms with Crippen LogP contribution in [0.1, 0.15) is 43.7 Å². The standard InChI is InChI=1S/C25H21FO2/c1-25(2)13-19(27)24-21(14-25)28-20-12-9-15-5-3-4-6-18(15)23(20)22(24)16-7-10-17(26)11-8-16/h3-12,22H,13-14H2,1-2H3/t22-/m0/s1. The number of fused-ring (bicyclic) bond motifs is 3. The van der Waals surface area contributed by atoms with E-state index in [0.717, 1.165) is 45.4 Å². The summed E-state index contributed by atoms with van der Waals surface area (Å²) in [5, 5.41) is 2.17. The van der Waals surface area contributed by atoms with E-state index in [1.165, 1.54) is 12.1 Å². The number of hydrogen-bond acceptors (Lipinski definition) is 2. The smallest absolute Gasteiger partial charge is 0.163 e. The summed E-state index contributed by atoms with van der Waals surface area (Å²) in [6.07, 6.45) is 1.21. The molecule has 2 aliphatic rings. The topological polar surface area (TPSA) is 26.3 Å². The molecule has 1 heterocycles. The molecule has 140 valence electrons. The van der Waals surface area contributed by atoms with E-state index < -0.39 is 0 Å². The highest BCUT2D eigenvalue weighted by molar-refractivity contribution is 6.02. The third kappa shape index (κ3) is 2.65. The van der Waals surface area contributed by atoms with Crippen LogP contribution in [0.2, 0.25) is 0 Å². The molecular weight excluding hydrogens is 351 g/mol. The van der Waals surface area contributed by atoms with Gasteiger partial charge in [0.25, 0.3) is 0 Å². The lowest BCUT2D eigenvalue weighted by Gasteiger charge is -2.38. The Morgan fingerprint density at radius 3 is 2.50 bits per heavy atom. The van der Waals surface area contributed by atoms with Gasteiger partial charge in [-0.1, -0.05) is 56.3 Å². The Morgan fingerprint density at radius 2 is 1.71 bits per heavy atom. The van der Waals surface area contributed by atoms with Crippen molar-refractivity contribution in [2.24, 2.45) is 5.41 Å². The molecule has 0 saturated heterocycles. The number of ether oxygens (including phenoxy) is 1. The number of rotatable bonds is 1. The van der Waals surface area contributed by atoms with Gasteiger partial charge in [0.15, 0.2) is 5.78 Å². The largest absolute Gasteiger partial charge is 0.461 e. The average Bonchev–Trinajstić information content (AvgIpc) is 2.66. The Hall–Kier alpha value is -2.94. The first-order valence-corrected chi connectivity index (χ1v) is 9.64. The van der Waals surface area contributed by atoms with Gasteiger partial charge in [0.2, 0.25) is 0 Å². The van der Waals surface area contributed by atoms with Crippen LogP contribution in [0.5, 0.6) is 5.75 Å². The molecule has 1 aliphatic heterocycles. The minimum Gasteiger partial charge on any atom is -0.461 e. The van der Waals surface area contributed by atoms with Crippen LogP contribution in [0.15, 0.2) is 72.0 Å². The van der Waals surface area contributed by atoms with E-state index in [0.29, 0.717) is 6.42 Å². The van der Waals surface area contributed by atoms with E-state index in [9.17, 15) is 9.18 Å². The molecular formula is C25H21FO2. The van der Waals surface area contributed by atoms with Crippen LogP contribution < -0.4 is 4.74 Å². The highest BCUT2D eigenvalue weighted by Gasteiger charge is 2.42. The summed E-state index contributed by atoms with van der Waals surface area (Å²) >= 11 is 0. The summed E-state index contributed by atoms with van der Waals surface area (Å²) in [4.78, 5) is 13.2. The Bertz CT molecular complexity index is 1140. The number of benzene rings is 3. The zero-order valence-corrected chi connectivity index (χ0v) is 16.0. The van der Waals surface area contributed by atoms with Crippen molar-refractivity contribution in [3.63, 3.8) is 0 Å². The van der Waals surface area contributed by atoms with Crippen molar-refractivity contribution in [1.29, 1.82) is 0 Å². The maximum Gasteiger partial charge on any atom is 0.163 e. The van der Waals surface area contributed by atoms with Gasteiger partial charge in [0.1, 0.15) is 17.3 Å². The average molecular weight is 372 g/mol. The van der Waals surface area contributed by atoms with Crippen molar-refractivity contribution >= 4 is 16.6 Å². The van der Waals surface area contributed by atoms with Crippen LogP contribution in [-0.4, -0.2) is 5.78 Å². The van der Waals surface area contributed by atoms with Crippen LogP contribution >= 0.6 is 0 Å². The van der Waals surface area contributed by atoms with Gasteiger partial charge in [-0.25, -0.2) is 4.39 Å². The third-order valence-electron chi connectivity index (χ3n) is 5.82. The molecule has 2 nitrogen and oxygen atoms in total. The fourth-order valence-corrected chi connectivity index (χ4v) is 4.62. The predicted octanol–water partition coefficient (Wildman–Crippen LogP) is 6.15. The summed E-state index contributed by atoms with van der Waals surface area (Å²) in [6, 6.07) is 18.7. The van der Waals surface area contributed by atoms with Crippen LogP contribution in [0.4, 0.5) is 4.39 Å². The Labute approximate surface area is 163 Å². The van der Waals surface area contributed by atoms with E-state index in [1.54, 1.807) is 12.1 Å². The van der Waals surface area contributed by atoms with Crippen molar-refractivity contribution in [3.05, 3.63) is 88.9 Å². The van der Waals surface area contributed by atoms with Crippen LogP contribution in [0, 0.1) is 11.2 Å². The highest BCUT2D eigenvalue weighted by Crippen LogP contribution is 2.51. The number of Topliss-reactive ketones (excluding diaryl/α,β-unsaturated/α-hetero) is 1. The Balaban J connectivity index is 1.81. The fraction of sp³-hybridized carbons (Fsp3) is 0.240. The molecule has 0 amide bonds. The third-order valence-corrected chi connectivity index (χ3v) is 5.82. The Kier molecular flexibility index (Phi) is 3.70. The molecule has 1 atom stereocenters. The van der Waals surface area contributed by atoms with E-state index >= 15 is 0 Å². The lowest BCUT2D eigenvalue weighted by Crippen LogP contribution is -2.33. The van der Waals surface area contributed by atoms with Crippen molar-refractivity contribution < 1.29 is 13.9 Å². The molecule has 5 rings (SSSR count). The number of allylic oxidation sites excluding steroid dienone is 2. The summed E-state index contributed by atoms with van der Waals surface area (Å²) < 4.78 is 19.9. The van der Waals surface area contributed by atoms with Gasteiger partial charge in [-0.3, -0.25) is 4.79 Å². The molecule has 0 saturated carbocycles. The van der Waals surface area contributed by atoms with E-state index in [1.807, 2.05) is 18.2 Å². The summed E-state index contributed by atoms with van der Waals surface area (Å²) in [6.45, 7) is 4.20. The molecule has 0 radical (unpaired) electrons. The van der Waals surface area contributed by atoms with Gasteiger partial charge in [-0.2, -0.15) is 0 Å². The highest BCUT2D eigenvalue weighted by atomic mass is 19.1. The summed E-state index contributed by atoms with van der Waals surface area (Å²) in [7, 11) is 0. The lowest BCUT2D eigenvalue weighted by atomic mass is 9.69. The van der Waals surface area contributed by atoms with Gasteiger partial charge in [-0.05, 0) is 39.9 Å². The number of carbonyl (C=O) groups excluding carboxylic acids is 1. The second kappa shape index (κ2) is 6.03. The maximum atomic E-state index is 13.6. The minimum atomic E-state index is -0.278. The molecule has 0 spiro atoms. The van der Waals surface area contributed by atoms with Gasteiger partial charge < -0.3 is 4.74 Å². The van der Waals surface area contributed by atoms with Crippen molar-refractivity contribution in [3.8, 4) is 5.75 Å². The van der Waals surface area contributed by atoms with Crippen LogP contribution in [-0.2, 0) is 4.79 Å². The van der Waals surface area contributed by atoms with E-state index in [4.69, 9.17) is 4.74 Å². The molecule has 3 heteroatoms. The van der Waals surface area contributed by atoms with Gasteiger partial charge in [-0.15, -0.1) is 0 Å². The first kappa shape index (κ1) is 17.2. The van der Waals surface area contributed by atoms with Crippen molar-refractivity contribution in [2.75, 3.05) is 0 Å². The second-order valence-corrected chi connectivity index (χ2v) is 8.56. The van der Waals surface area contributed by atoms with E-state index in [2.05, 4.69) is 32.0 Å². The predicted molar refractivity (Wildman–Crippen MR) is 108 cm³/mol. The van der Waals surface area contributed by atoms with Gasteiger partial charge >= 0.3 is 0 Å². The molecule has 0 N–H and O–H groups in total. The SMILES string of the molecule is CC1(C)CC(=O)C2=C(C1)Oc1ccc3ccccc3c1[C@@H]2c1ccc(F)cc1. The number of carbonyl (C=O) groups is 1. The molecule has 1 aliphatic carbocycles. The number of halogens is 1. The monoisotopic (exact) mass is 372 g/mol. The van der Waals surface area contributed by atoms with E-state index in [-0.39, 0.29) is 22.9 Å². The fourth-order valence-electron chi connectivity index (χ4n) is 4.62. The summed E-state index contributed by atoms with van der Waals surface area (Å²) in [5.41, 5.74) is 2.52. The zero-order valence-electron chi connectivity index (χ0n) is 16.0. The zero-order chi connectivity index (χ0) is 19.5. The first-order valence-electron chi connectivity index (χ1n) is 9.64. The molecule has 0 fully saturated rings. The maximum absolute atomic E-state index is 13.6. The molecule has 3 aromatic rings. The molecule has 0 bridgehead atoms.